The van der Waals surface area contributed by atoms with Gasteiger partial charge in [0.2, 0.25) is 0 Å². The number of hydrogen-bond acceptors (Lipinski definition) is 3. The highest BCUT2D eigenvalue weighted by atomic mass is 16.5. The summed E-state index contributed by atoms with van der Waals surface area (Å²) in [5.74, 6) is 0.751. The SMILES string of the molecule is COc1cc(N)cc(Nc2ccccc2C(C)(C)C)c1. The van der Waals surface area contributed by atoms with Crippen LogP contribution in [0.4, 0.5) is 17.1 Å². The molecule has 0 aliphatic rings. The largest absolute Gasteiger partial charge is 0.497 e. The summed E-state index contributed by atoms with van der Waals surface area (Å²) in [7, 11) is 1.64. The quantitative estimate of drug-likeness (QED) is 0.817. The Balaban J connectivity index is 2.38. The summed E-state index contributed by atoms with van der Waals surface area (Å²) >= 11 is 0. The van der Waals surface area contributed by atoms with Crippen LogP contribution in [0.1, 0.15) is 26.3 Å². The molecule has 0 saturated heterocycles. The van der Waals surface area contributed by atoms with E-state index in [1.54, 1.807) is 13.2 Å². The molecule has 0 aliphatic heterocycles. The molecule has 0 aromatic heterocycles. The van der Waals surface area contributed by atoms with Crippen molar-refractivity contribution in [2.75, 3.05) is 18.2 Å². The third-order valence-electron chi connectivity index (χ3n) is 3.18. The molecular weight excluding hydrogens is 248 g/mol. The summed E-state index contributed by atoms with van der Waals surface area (Å²) in [6.45, 7) is 6.61. The summed E-state index contributed by atoms with van der Waals surface area (Å²) in [4.78, 5) is 0. The van der Waals surface area contributed by atoms with Gasteiger partial charge in [0.05, 0.1) is 7.11 Å². The van der Waals surface area contributed by atoms with Gasteiger partial charge >= 0.3 is 0 Å². The number of anilines is 3. The van der Waals surface area contributed by atoms with Gasteiger partial charge in [0, 0.05) is 29.2 Å². The van der Waals surface area contributed by atoms with Crippen molar-refractivity contribution in [1.82, 2.24) is 0 Å². The lowest BCUT2D eigenvalue weighted by atomic mass is 9.86. The fourth-order valence-electron chi connectivity index (χ4n) is 2.21. The molecular formula is C17H22N2O. The molecule has 3 heteroatoms. The van der Waals surface area contributed by atoms with Gasteiger partial charge in [-0.25, -0.2) is 0 Å². The van der Waals surface area contributed by atoms with Crippen molar-refractivity contribution < 1.29 is 4.74 Å². The van der Waals surface area contributed by atoms with E-state index in [1.165, 1.54) is 5.56 Å². The standard InChI is InChI=1S/C17H22N2O/c1-17(2,3)15-7-5-6-8-16(15)19-13-9-12(18)10-14(11-13)20-4/h5-11,19H,18H2,1-4H3. The van der Waals surface area contributed by atoms with Crippen molar-refractivity contribution in [3.63, 3.8) is 0 Å². The molecule has 3 nitrogen and oxygen atoms in total. The molecule has 0 saturated carbocycles. The van der Waals surface area contributed by atoms with Gasteiger partial charge in [-0.2, -0.15) is 0 Å². The molecule has 0 spiro atoms. The van der Waals surface area contributed by atoms with E-state index in [0.29, 0.717) is 5.69 Å². The van der Waals surface area contributed by atoms with Crippen LogP contribution in [0.25, 0.3) is 0 Å². The number of hydrogen-bond donors (Lipinski definition) is 2. The maximum atomic E-state index is 5.89. The second-order valence-corrected chi connectivity index (χ2v) is 5.92. The lowest BCUT2D eigenvalue weighted by Crippen LogP contribution is -2.13. The van der Waals surface area contributed by atoms with E-state index in [4.69, 9.17) is 10.5 Å². The van der Waals surface area contributed by atoms with Crippen LogP contribution in [-0.4, -0.2) is 7.11 Å². The predicted molar refractivity (Wildman–Crippen MR) is 85.8 cm³/mol. The Bertz CT molecular complexity index is 600. The van der Waals surface area contributed by atoms with E-state index < -0.39 is 0 Å². The smallest absolute Gasteiger partial charge is 0.122 e. The monoisotopic (exact) mass is 270 g/mol. The van der Waals surface area contributed by atoms with Crippen molar-refractivity contribution >= 4 is 17.1 Å². The topological polar surface area (TPSA) is 47.3 Å². The maximum absolute atomic E-state index is 5.89. The van der Waals surface area contributed by atoms with Gasteiger partial charge in [0.25, 0.3) is 0 Å². The summed E-state index contributed by atoms with van der Waals surface area (Å²) in [5.41, 5.74) is 9.94. The first-order valence-corrected chi connectivity index (χ1v) is 6.71. The van der Waals surface area contributed by atoms with Crippen LogP contribution in [0.15, 0.2) is 42.5 Å². The number of para-hydroxylation sites is 1. The normalized spacial score (nSPS) is 11.2. The van der Waals surface area contributed by atoms with Crippen molar-refractivity contribution in [1.29, 1.82) is 0 Å². The second-order valence-electron chi connectivity index (χ2n) is 5.92. The Morgan fingerprint density at radius 1 is 1.05 bits per heavy atom. The van der Waals surface area contributed by atoms with E-state index in [2.05, 4.69) is 44.3 Å². The van der Waals surface area contributed by atoms with E-state index >= 15 is 0 Å². The molecule has 0 unspecified atom stereocenters. The Morgan fingerprint density at radius 2 is 1.75 bits per heavy atom. The Labute approximate surface area is 120 Å². The Morgan fingerprint density at radius 3 is 2.40 bits per heavy atom. The highest BCUT2D eigenvalue weighted by molar-refractivity contribution is 5.69. The zero-order valence-corrected chi connectivity index (χ0v) is 12.5. The lowest BCUT2D eigenvalue weighted by Gasteiger charge is -2.23. The number of nitrogen functional groups attached to an aromatic ring is 1. The number of benzene rings is 2. The summed E-state index contributed by atoms with van der Waals surface area (Å²) in [5, 5.41) is 3.43. The van der Waals surface area contributed by atoms with Crippen LogP contribution in [-0.2, 0) is 5.41 Å². The molecule has 0 fully saturated rings. The molecule has 0 atom stereocenters. The first kappa shape index (κ1) is 14.3. The summed E-state index contributed by atoms with van der Waals surface area (Å²) in [6.07, 6.45) is 0. The van der Waals surface area contributed by atoms with E-state index in [1.807, 2.05) is 18.2 Å². The first-order valence-electron chi connectivity index (χ1n) is 6.71. The average molecular weight is 270 g/mol. The minimum atomic E-state index is 0.0774. The van der Waals surface area contributed by atoms with E-state index in [-0.39, 0.29) is 5.41 Å². The van der Waals surface area contributed by atoms with Crippen molar-refractivity contribution in [3.05, 3.63) is 48.0 Å². The van der Waals surface area contributed by atoms with Crippen LogP contribution in [0.3, 0.4) is 0 Å². The Hall–Kier alpha value is -2.16. The molecule has 2 rings (SSSR count). The predicted octanol–water partition coefficient (Wildman–Crippen LogP) is 4.32. The van der Waals surface area contributed by atoms with Crippen molar-refractivity contribution in [2.45, 2.75) is 26.2 Å². The van der Waals surface area contributed by atoms with E-state index in [9.17, 15) is 0 Å². The third kappa shape index (κ3) is 3.23. The Kier molecular flexibility index (Phi) is 3.89. The number of methoxy groups -OCH3 is 1. The van der Waals surface area contributed by atoms with Gasteiger partial charge in [-0.1, -0.05) is 39.0 Å². The highest BCUT2D eigenvalue weighted by Gasteiger charge is 2.17. The van der Waals surface area contributed by atoms with Gasteiger partial charge in [-0.15, -0.1) is 0 Å². The summed E-state index contributed by atoms with van der Waals surface area (Å²) < 4.78 is 5.25. The van der Waals surface area contributed by atoms with Gasteiger partial charge in [-0.3, -0.25) is 0 Å². The molecule has 2 aromatic carbocycles. The van der Waals surface area contributed by atoms with Gasteiger partial charge < -0.3 is 15.8 Å². The first-order chi connectivity index (χ1) is 9.40. The molecule has 0 amide bonds. The zero-order chi connectivity index (χ0) is 14.8. The second kappa shape index (κ2) is 5.45. The van der Waals surface area contributed by atoms with Gasteiger partial charge in [0.15, 0.2) is 0 Å². The van der Waals surface area contributed by atoms with Crippen LogP contribution in [0.2, 0.25) is 0 Å². The maximum Gasteiger partial charge on any atom is 0.122 e. The van der Waals surface area contributed by atoms with Gasteiger partial charge in [0.1, 0.15) is 5.75 Å². The average Bonchev–Trinajstić information content (AvgIpc) is 2.37. The van der Waals surface area contributed by atoms with Crippen LogP contribution in [0, 0.1) is 0 Å². The van der Waals surface area contributed by atoms with Crippen molar-refractivity contribution in [3.8, 4) is 5.75 Å². The van der Waals surface area contributed by atoms with Gasteiger partial charge in [-0.05, 0) is 23.1 Å². The number of nitrogens with two attached hydrogens (primary N) is 1. The molecule has 106 valence electrons. The lowest BCUT2D eigenvalue weighted by molar-refractivity contribution is 0.415. The number of ether oxygens (including phenoxy) is 1. The molecule has 3 N–H and O–H groups in total. The van der Waals surface area contributed by atoms with E-state index in [0.717, 1.165) is 17.1 Å². The molecule has 0 aliphatic carbocycles. The number of nitrogens with one attached hydrogen (secondary N) is 1. The van der Waals surface area contributed by atoms with Crippen molar-refractivity contribution in [2.24, 2.45) is 0 Å². The molecule has 2 aromatic rings. The fraction of sp³-hybridized carbons (Fsp3) is 0.294. The molecule has 0 heterocycles. The van der Waals surface area contributed by atoms with Crippen LogP contribution < -0.4 is 15.8 Å². The minimum absolute atomic E-state index is 0.0774. The zero-order valence-electron chi connectivity index (χ0n) is 12.5. The highest BCUT2D eigenvalue weighted by Crippen LogP contribution is 2.32. The molecule has 0 radical (unpaired) electrons. The third-order valence-corrected chi connectivity index (χ3v) is 3.18. The summed E-state index contributed by atoms with van der Waals surface area (Å²) in [6, 6.07) is 14.0. The molecule has 20 heavy (non-hydrogen) atoms. The number of rotatable bonds is 3. The molecule has 0 bridgehead atoms. The minimum Gasteiger partial charge on any atom is -0.497 e. The fourth-order valence-corrected chi connectivity index (χ4v) is 2.21. The van der Waals surface area contributed by atoms with Crippen LogP contribution in [0.5, 0.6) is 5.75 Å². The van der Waals surface area contributed by atoms with Crippen LogP contribution >= 0.6 is 0 Å².